The molecular formula is C6H8N6OS. The second-order valence-electron chi connectivity index (χ2n) is 2.68. The standard InChI is InChI=1S/C6H8N6OS/c1-3(4-10-5(13)12-11-4)9-6-7-2-8-14-6/h2-3H,1H3,(H,7,8,9)(H2,10,11,12,13). The lowest BCUT2D eigenvalue weighted by Crippen LogP contribution is -2.09. The normalized spacial score (nSPS) is 12.6. The van der Waals surface area contributed by atoms with E-state index in [1.54, 1.807) is 0 Å². The average molecular weight is 212 g/mol. The van der Waals surface area contributed by atoms with Crippen LogP contribution in [0.4, 0.5) is 5.13 Å². The van der Waals surface area contributed by atoms with E-state index in [9.17, 15) is 4.79 Å². The Bertz CT molecular complexity index is 445. The van der Waals surface area contributed by atoms with Gasteiger partial charge in [0.1, 0.15) is 6.33 Å². The van der Waals surface area contributed by atoms with E-state index in [0.717, 1.165) is 0 Å². The number of aromatic nitrogens is 5. The number of hydrogen-bond donors (Lipinski definition) is 3. The highest BCUT2D eigenvalue weighted by Crippen LogP contribution is 2.15. The molecule has 2 aromatic rings. The molecule has 0 aliphatic rings. The van der Waals surface area contributed by atoms with Crippen LogP contribution < -0.4 is 11.0 Å². The molecular weight excluding hydrogens is 204 g/mol. The fourth-order valence-corrected chi connectivity index (χ4v) is 1.50. The molecule has 1 atom stereocenters. The molecule has 0 spiro atoms. The van der Waals surface area contributed by atoms with Gasteiger partial charge in [0.15, 0.2) is 5.82 Å². The van der Waals surface area contributed by atoms with Crippen molar-refractivity contribution in [3.63, 3.8) is 0 Å². The monoisotopic (exact) mass is 212 g/mol. The molecule has 14 heavy (non-hydrogen) atoms. The number of nitrogens with zero attached hydrogens (tertiary/aromatic N) is 3. The van der Waals surface area contributed by atoms with Crippen molar-refractivity contribution in [3.05, 3.63) is 22.6 Å². The Morgan fingerprint density at radius 3 is 3.07 bits per heavy atom. The molecule has 0 radical (unpaired) electrons. The fourth-order valence-electron chi connectivity index (χ4n) is 0.979. The zero-order valence-electron chi connectivity index (χ0n) is 7.31. The summed E-state index contributed by atoms with van der Waals surface area (Å²) in [4.78, 5) is 17.3. The Labute approximate surface area is 82.8 Å². The van der Waals surface area contributed by atoms with Crippen molar-refractivity contribution in [2.24, 2.45) is 0 Å². The molecule has 0 saturated carbocycles. The molecule has 0 aromatic carbocycles. The summed E-state index contributed by atoms with van der Waals surface area (Å²) in [7, 11) is 0. The van der Waals surface area contributed by atoms with Gasteiger partial charge in [-0.1, -0.05) is 0 Å². The van der Waals surface area contributed by atoms with Gasteiger partial charge in [-0.2, -0.15) is 9.47 Å². The molecule has 0 fully saturated rings. The predicted molar refractivity (Wildman–Crippen MR) is 51.2 cm³/mol. The lowest BCUT2D eigenvalue weighted by atomic mass is 10.3. The molecule has 0 aliphatic carbocycles. The summed E-state index contributed by atoms with van der Waals surface area (Å²) >= 11 is 1.25. The van der Waals surface area contributed by atoms with Crippen LogP contribution in [0.25, 0.3) is 0 Å². The van der Waals surface area contributed by atoms with Gasteiger partial charge in [0.2, 0.25) is 5.13 Å². The fraction of sp³-hybridized carbons (Fsp3) is 0.333. The molecule has 2 aromatic heterocycles. The number of aromatic amines is 2. The molecule has 74 valence electrons. The predicted octanol–water partition coefficient (Wildman–Crippen LogP) is 0.123. The van der Waals surface area contributed by atoms with Crippen LogP contribution in [0.2, 0.25) is 0 Å². The number of H-pyrrole nitrogens is 2. The van der Waals surface area contributed by atoms with Crippen LogP contribution in [0.1, 0.15) is 18.8 Å². The minimum atomic E-state index is -0.314. The van der Waals surface area contributed by atoms with Crippen LogP contribution in [0, 0.1) is 0 Å². The molecule has 8 heteroatoms. The van der Waals surface area contributed by atoms with Crippen LogP contribution in [-0.2, 0) is 0 Å². The van der Waals surface area contributed by atoms with Gasteiger partial charge < -0.3 is 5.32 Å². The Morgan fingerprint density at radius 1 is 1.64 bits per heavy atom. The van der Waals surface area contributed by atoms with Gasteiger partial charge in [0.25, 0.3) is 0 Å². The topological polar surface area (TPSA) is 99.3 Å². The van der Waals surface area contributed by atoms with E-state index in [-0.39, 0.29) is 11.7 Å². The minimum absolute atomic E-state index is 0.109. The van der Waals surface area contributed by atoms with Crippen LogP contribution in [-0.4, -0.2) is 24.5 Å². The van der Waals surface area contributed by atoms with Crippen LogP contribution in [0.3, 0.4) is 0 Å². The molecule has 2 rings (SSSR count). The average Bonchev–Trinajstić information content (AvgIpc) is 2.75. The first kappa shape index (κ1) is 8.88. The molecule has 7 nitrogen and oxygen atoms in total. The van der Waals surface area contributed by atoms with Gasteiger partial charge in [-0.25, -0.2) is 14.9 Å². The second-order valence-corrected chi connectivity index (χ2v) is 3.46. The summed E-state index contributed by atoms with van der Waals surface area (Å²) in [5.41, 5.74) is -0.314. The summed E-state index contributed by atoms with van der Waals surface area (Å²) in [6.45, 7) is 1.87. The van der Waals surface area contributed by atoms with Crippen molar-refractivity contribution in [2.75, 3.05) is 5.32 Å². The number of hydrogen-bond acceptors (Lipinski definition) is 6. The van der Waals surface area contributed by atoms with Gasteiger partial charge in [-0.3, -0.25) is 4.98 Å². The van der Waals surface area contributed by atoms with Crippen molar-refractivity contribution in [2.45, 2.75) is 13.0 Å². The van der Waals surface area contributed by atoms with Crippen molar-refractivity contribution in [1.82, 2.24) is 24.5 Å². The van der Waals surface area contributed by atoms with E-state index in [0.29, 0.717) is 11.0 Å². The van der Waals surface area contributed by atoms with Gasteiger partial charge in [-0.15, -0.1) is 0 Å². The lowest BCUT2D eigenvalue weighted by Gasteiger charge is -2.07. The van der Waals surface area contributed by atoms with Crippen LogP contribution >= 0.6 is 11.5 Å². The van der Waals surface area contributed by atoms with Crippen molar-refractivity contribution in [1.29, 1.82) is 0 Å². The van der Waals surface area contributed by atoms with Gasteiger partial charge in [0, 0.05) is 11.5 Å². The third kappa shape index (κ3) is 1.79. The summed E-state index contributed by atoms with van der Waals surface area (Å²) in [5, 5.41) is 9.83. The maximum atomic E-state index is 10.8. The van der Waals surface area contributed by atoms with Gasteiger partial charge >= 0.3 is 5.69 Å². The molecule has 2 heterocycles. The highest BCUT2D eigenvalue weighted by Gasteiger charge is 2.10. The summed E-state index contributed by atoms with van der Waals surface area (Å²) < 4.78 is 3.84. The smallest absolute Gasteiger partial charge is 0.340 e. The maximum absolute atomic E-state index is 10.8. The van der Waals surface area contributed by atoms with Crippen molar-refractivity contribution < 1.29 is 0 Å². The Morgan fingerprint density at radius 2 is 2.50 bits per heavy atom. The number of nitrogens with one attached hydrogen (secondary N) is 3. The minimum Gasteiger partial charge on any atom is -0.351 e. The molecule has 0 amide bonds. The van der Waals surface area contributed by atoms with Crippen molar-refractivity contribution in [3.8, 4) is 0 Å². The number of anilines is 1. The zero-order chi connectivity index (χ0) is 9.97. The highest BCUT2D eigenvalue weighted by molar-refractivity contribution is 7.09. The highest BCUT2D eigenvalue weighted by atomic mass is 32.1. The third-order valence-electron chi connectivity index (χ3n) is 1.63. The number of rotatable bonds is 3. The van der Waals surface area contributed by atoms with E-state index >= 15 is 0 Å². The molecule has 0 saturated heterocycles. The Balaban J connectivity index is 2.10. The summed E-state index contributed by atoms with van der Waals surface area (Å²) in [5.74, 6) is 0.546. The van der Waals surface area contributed by atoms with E-state index in [1.807, 2.05) is 6.92 Å². The van der Waals surface area contributed by atoms with Gasteiger partial charge in [0.05, 0.1) is 6.04 Å². The Hall–Kier alpha value is -1.70. The van der Waals surface area contributed by atoms with E-state index < -0.39 is 0 Å². The third-order valence-corrected chi connectivity index (χ3v) is 2.23. The molecule has 0 aliphatic heterocycles. The van der Waals surface area contributed by atoms with E-state index in [2.05, 4.69) is 29.9 Å². The quantitative estimate of drug-likeness (QED) is 0.671. The second kappa shape index (κ2) is 3.58. The zero-order valence-corrected chi connectivity index (χ0v) is 8.13. The first-order valence-corrected chi connectivity index (χ1v) is 4.71. The van der Waals surface area contributed by atoms with Crippen LogP contribution in [0.5, 0.6) is 0 Å². The van der Waals surface area contributed by atoms with Crippen LogP contribution in [0.15, 0.2) is 11.1 Å². The molecule has 0 bridgehead atoms. The summed E-state index contributed by atoms with van der Waals surface area (Å²) in [6.07, 6.45) is 1.47. The largest absolute Gasteiger partial charge is 0.351 e. The van der Waals surface area contributed by atoms with E-state index in [1.165, 1.54) is 17.9 Å². The van der Waals surface area contributed by atoms with Crippen molar-refractivity contribution >= 4 is 16.7 Å². The van der Waals surface area contributed by atoms with E-state index in [4.69, 9.17) is 0 Å². The molecule has 3 N–H and O–H groups in total. The first-order chi connectivity index (χ1) is 6.75. The lowest BCUT2D eigenvalue weighted by molar-refractivity contribution is 0.794. The summed E-state index contributed by atoms with van der Waals surface area (Å²) in [6, 6.07) is -0.109. The van der Waals surface area contributed by atoms with Gasteiger partial charge in [-0.05, 0) is 6.92 Å². The Kier molecular flexibility index (Phi) is 2.27. The maximum Gasteiger partial charge on any atom is 0.340 e. The first-order valence-electron chi connectivity index (χ1n) is 3.93. The molecule has 1 unspecified atom stereocenters. The SMILES string of the molecule is CC(Nc1ncns1)c1n[nH]c(=O)[nH]1.